The van der Waals surface area contributed by atoms with Gasteiger partial charge < -0.3 is 9.80 Å². The van der Waals surface area contributed by atoms with E-state index in [0.717, 1.165) is 12.1 Å². The van der Waals surface area contributed by atoms with Crippen LogP contribution in [-0.4, -0.2) is 42.7 Å². The third-order valence-electron chi connectivity index (χ3n) is 5.71. The van der Waals surface area contributed by atoms with Crippen molar-refractivity contribution in [1.29, 1.82) is 0 Å². The average Bonchev–Trinajstić information content (AvgIpc) is 2.85. The van der Waals surface area contributed by atoms with E-state index in [0.29, 0.717) is 35.7 Å². The number of hydrazone groups is 1. The summed E-state index contributed by atoms with van der Waals surface area (Å²) < 4.78 is 54.8. The molecule has 0 saturated carbocycles. The lowest BCUT2D eigenvalue weighted by molar-refractivity contribution is 0.0746. The number of halogens is 5. The molecular weight excluding hydrogens is 484 g/mol. The molecule has 0 bridgehead atoms. The molecule has 3 aromatic carbocycles. The lowest BCUT2D eigenvalue weighted by Crippen LogP contribution is -2.49. The van der Waals surface area contributed by atoms with Gasteiger partial charge in [-0.1, -0.05) is 17.7 Å². The lowest BCUT2D eigenvalue weighted by Gasteiger charge is -2.36. The number of hydrogen-bond acceptors (Lipinski definition) is 4. The van der Waals surface area contributed by atoms with Gasteiger partial charge in [0.15, 0.2) is 11.6 Å². The van der Waals surface area contributed by atoms with Crippen LogP contribution in [0.5, 0.6) is 0 Å². The van der Waals surface area contributed by atoms with Crippen molar-refractivity contribution >= 4 is 34.6 Å². The Kier molecular flexibility index (Phi) is 7.25. The summed E-state index contributed by atoms with van der Waals surface area (Å²) in [7, 11) is 0. The van der Waals surface area contributed by atoms with Gasteiger partial charge in [-0.3, -0.25) is 10.2 Å². The van der Waals surface area contributed by atoms with Crippen LogP contribution < -0.4 is 10.3 Å². The van der Waals surface area contributed by atoms with Crippen LogP contribution in [0.2, 0.25) is 5.02 Å². The number of rotatable bonds is 5. The number of piperazine rings is 1. The topological polar surface area (TPSA) is 47.9 Å². The van der Waals surface area contributed by atoms with Crippen molar-refractivity contribution in [3.63, 3.8) is 0 Å². The predicted molar refractivity (Wildman–Crippen MR) is 128 cm³/mol. The minimum absolute atomic E-state index is 0.112. The molecule has 3 aromatic rings. The zero-order chi connectivity index (χ0) is 25.1. The molecule has 0 aromatic heterocycles. The van der Waals surface area contributed by atoms with Crippen molar-refractivity contribution in [3.05, 3.63) is 94.0 Å². The van der Waals surface area contributed by atoms with E-state index < -0.39 is 23.4 Å². The molecule has 1 heterocycles. The Bertz CT molecular complexity index is 1280. The molecule has 1 N–H and O–H groups in total. The molecular formula is C25H21ClF4N4O. The van der Waals surface area contributed by atoms with E-state index in [4.69, 9.17) is 11.6 Å². The van der Waals surface area contributed by atoms with Crippen LogP contribution >= 0.6 is 11.6 Å². The van der Waals surface area contributed by atoms with Crippen LogP contribution in [0.15, 0.2) is 59.7 Å². The number of carbonyl (C=O) groups excluding carboxylic acids is 1. The van der Waals surface area contributed by atoms with E-state index in [1.807, 2.05) is 0 Å². The molecule has 0 unspecified atom stereocenters. The number of anilines is 2. The average molecular weight is 505 g/mol. The Morgan fingerprint density at radius 1 is 0.886 bits per heavy atom. The maximum atomic E-state index is 14.9. The number of amides is 1. The zero-order valence-electron chi connectivity index (χ0n) is 18.7. The van der Waals surface area contributed by atoms with Gasteiger partial charge in [0.05, 0.1) is 27.7 Å². The molecule has 5 nitrogen and oxygen atoms in total. The summed E-state index contributed by atoms with van der Waals surface area (Å²) in [6.45, 7) is 2.94. The van der Waals surface area contributed by atoms with Crippen LogP contribution in [-0.2, 0) is 0 Å². The monoisotopic (exact) mass is 504 g/mol. The van der Waals surface area contributed by atoms with E-state index >= 15 is 0 Å². The molecule has 1 saturated heterocycles. The number of nitrogens with one attached hydrogen (secondary N) is 1. The molecule has 0 radical (unpaired) electrons. The van der Waals surface area contributed by atoms with Gasteiger partial charge in [0.2, 0.25) is 0 Å². The fourth-order valence-corrected chi connectivity index (χ4v) is 3.96. The van der Waals surface area contributed by atoms with Crippen molar-refractivity contribution in [3.8, 4) is 0 Å². The second kappa shape index (κ2) is 10.4. The van der Waals surface area contributed by atoms with Crippen molar-refractivity contribution in [2.45, 2.75) is 6.92 Å². The second-order valence-corrected chi connectivity index (χ2v) is 8.41. The third-order valence-corrected chi connectivity index (χ3v) is 6.02. The first-order valence-corrected chi connectivity index (χ1v) is 11.2. The third kappa shape index (κ3) is 5.57. The summed E-state index contributed by atoms with van der Waals surface area (Å²) in [6, 6.07) is 12.0. The van der Waals surface area contributed by atoms with Gasteiger partial charge in [-0.2, -0.15) is 5.10 Å². The molecule has 0 atom stereocenters. The van der Waals surface area contributed by atoms with Crippen molar-refractivity contribution in [2.75, 3.05) is 36.5 Å². The molecule has 1 aliphatic rings. The Balaban J connectivity index is 1.40. The number of hydrogen-bond donors (Lipinski definition) is 1. The molecule has 0 spiro atoms. The predicted octanol–water partition coefficient (Wildman–Crippen LogP) is 5.69. The number of benzene rings is 3. The first kappa shape index (κ1) is 24.5. The highest BCUT2D eigenvalue weighted by molar-refractivity contribution is 6.33. The molecule has 10 heteroatoms. The van der Waals surface area contributed by atoms with Crippen LogP contribution in [0.4, 0.5) is 28.9 Å². The normalized spacial score (nSPS) is 14.3. The zero-order valence-corrected chi connectivity index (χ0v) is 19.4. The van der Waals surface area contributed by atoms with Gasteiger partial charge in [-0.15, -0.1) is 0 Å². The van der Waals surface area contributed by atoms with Gasteiger partial charge in [0, 0.05) is 31.7 Å². The molecule has 182 valence electrons. The fourth-order valence-electron chi connectivity index (χ4n) is 3.73. The summed E-state index contributed by atoms with van der Waals surface area (Å²) in [6.07, 6.45) is 0. The molecule has 4 rings (SSSR count). The van der Waals surface area contributed by atoms with E-state index in [9.17, 15) is 22.4 Å². The van der Waals surface area contributed by atoms with E-state index in [-0.39, 0.29) is 29.5 Å². The molecule has 1 fully saturated rings. The van der Waals surface area contributed by atoms with Gasteiger partial charge in [-0.25, -0.2) is 17.6 Å². The highest BCUT2D eigenvalue weighted by Gasteiger charge is 2.26. The van der Waals surface area contributed by atoms with E-state index in [1.54, 1.807) is 36.1 Å². The van der Waals surface area contributed by atoms with E-state index in [2.05, 4.69) is 10.5 Å². The van der Waals surface area contributed by atoms with Crippen molar-refractivity contribution in [1.82, 2.24) is 4.90 Å². The standard InChI is InChI=1S/C25H21ClF4N4O/c1-15(31-32-18-5-3-17(27)4-6-18)16-2-7-24(23(30)12-16)33-8-10-34(11-9-33)25(35)19-13-21(28)22(29)14-20(19)26/h2-7,12-14,32H,8-11H2,1H3. The number of nitrogens with zero attached hydrogens (tertiary/aromatic N) is 3. The minimum atomic E-state index is -1.15. The maximum absolute atomic E-state index is 14.9. The first-order valence-electron chi connectivity index (χ1n) is 10.8. The summed E-state index contributed by atoms with van der Waals surface area (Å²) in [5, 5.41) is 4.05. The maximum Gasteiger partial charge on any atom is 0.255 e. The summed E-state index contributed by atoms with van der Waals surface area (Å²) in [5.74, 6) is -3.58. The Labute approximate surface area is 204 Å². The summed E-state index contributed by atoms with van der Waals surface area (Å²) in [4.78, 5) is 16.0. The van der Waals surface area contributed by atoms with Crippen LogP contribution in [0.25, 0.3) is 0 Å². The Morgan fingerprint density at radius 2 is 1.54 bits per heavy atom. The van der Waals surface area contributed by atoms with Crippen LogP contribution in [0.3, 0.4) is 0 Å². The molecule has 1 amide bonds. The molecule has 0 aliphatic carbocycles. The second-order valence-electron chi connectivity index (χ2n) is 8.01. The minimum Gasteiger partial charge on any atom is -0.366 e. The van der Waals surface area contributed by atoms with Crippen LogP contribution in [0.1, 0.15) is 22.8 Å². The number of carbonyl (C=O) groups is 1. The largest absolute Gasteiger partial charge is 0.366 e. The highest BCUT2D eigenvalue weighted by Crippen LogP contribution is 2.25. The first-order chi connectivity index (χ1) is 16.7. The highest BCUT2D eigenvalue weighted by atomic mass is 35.5. The van der Waals surface area contributed by atoms with Crippen molar-refractivity contribution in [2.24, 2.45) is 5.10 Å². The molecule has 35 heavy (non-hydrogen) atoms. The summed E-state index contributed by atoms with van der Waals surface area (Å²) in [5.41, 5.74) is 4.78. The quantitative estimate of drug-likeness (QED) is 0.210. The van der Waals surface area contributed by atoms with Crippen molar-refractivity contribution < 1.29 is 22.4 Å². The smallest absolute Gasteiger partial charge is 0.255 e. The van der Waals surface area contributed by atoms with Gasteiger partial charge in [0.25, 0.3) is 5.91 Å². The lowest BCUT2D eigenvalue weighted by atomic mass is 10.1. The SMILES string of the molecule is CC(=NNc1ccc(F)cc1)c1ccc(N2CCN(C(=O)c3cc(F)c(F)cc3Cl)CC2)c(F)c1. The Hall–Kier alpha value is -3.59. The van der Waals surface area contributed by atoms with Gasteiger partial charge in [-0.05, 0) is 55.5 Å². The van der Waals surface area contributed by atoms with Gasteiger partial charge >= 0.3 is 0 Å². The fraction of sp³-hybridized carbons (Fsp3) is 0.200. The molecule has 1 aliphatic heterocycles. The summed E-state index contributed by atoms with van der Waals surface area (Å²) >= 11 is 5.92. The van der Waals surface area contributed by atoms with Gasteiger partial charge in [0.1, 0.15) is 11.6 Å². The Morgan fingerprint density at radius 3 is 2.20 bits per heavy atom. The van der Waals surface area contributed by atoms with E-state index in [1.165, 1.54) is 23.1 Å². The van der Waals surface area contributed by atoms with Crippen LogP contribution in [0, 0.1) is 23.3 Å².